The van der Waals surface area contributed by atoms with Crippen LogP contribution in [-0.2, 0) is 4.74 Å². The Morgan fingerprint density at radius 1 is 1.38 bits per heavy atom. The molecule has 1 saturated heterocycles. The maximum Gasteiger partial charge on any atom is 0.129 e. The zero-order chi connectivity index (χ0) is 15.3. The molecule has 21 heavy (non-hydrogen) atoms. The van der Waals surface area contributed by atoms with Crippen LogP contribution in [0, 0.1) is 5.82 Å². The van der Waals surface area contributed by atoms with Gasteiger partial charge in [0.2, 0.25) is 0 Å². The highest BCUT2D eigenvalue weighted by Gasteiger charge is 2.34. The second-order valence-electron chi connectivity index (χ2n) is 5.87. The monoisotopic (exact) mass is 295 g/mol. The molecule has 4 heteroatoms. The van der Waals surface area contributed by atoms with Crippen molar-refractivity contribution in [2.75, 3.05) is 13.2 Å². The van der Waals surface area contributed by atoms with Crippen molar-refractivity contribution in [1.82, 2.24) is 5.32 Å². The van der Waals surface area contributed by atoms with Crippen LogP contribution >= 0.6 is 0 Å². The fourth-order valence-electron chi connectivity index (χ4n) is 3.08. The van der Waals surface area contributed by atoms with Crippen molar-refractivity contribution in [3.05, 3.63) is 35.6 Å². The molecule has 2 unspecified atom stereocenters. The molecule has 1 fully saturated rings. The number of halogens is 1. The van der Waals surface area contributed by atoms with Crippen molar-refractivity contribution >= 4 is 0 Å². The number of rotatable bonds is 6. The zero-order valence-electron chi connectivity index (χ0n) is 12.9. The minimum Gasteiger partial charge on any atom is -0.387 e. The molecule has 3 nitrogen and oxygen atoms in total. The van der Waals surface area contributed by atoms with Crippen LogP contribution in [0.1, 0.15) is 51.2 Å². The second-order valence-corrected chi connectivity index (χ2v) is 5.87. The van der Waals surface area contributed by atoms with Crippen LogP contribution in [-0.4, -0.2) is 29.9 Å². The smallest absolute Gasteiger partial charge is 0.129 e. The summed E-state index contributed by atoms with van der Waals surface area (Å²) in [5.74, 6) is -0.352. The summed E-state index contributed by atoms with van der Waals surface area (Å²) >= 11 is 0. The molecule has 0 radical (unpaired) electrons. The van der Waals surface area contributed by atoms with Gasteiger partial charge in [-0.2, -0.15) is 0 Å². The van der Waals surface area contributed by atoms with Crippen LogP contribution in [0.4, 0.5) is 4.39 Å². The number of ether oxygens (including phenoxy) is 1. The summed E-state index contributed by atoms with van der Waals surface area (Å²) in [6.45, 7) is 5.42. The predicted molar refractivity (Wildman–Crippen MR) is 81.6 cm³/mol. The van der Waals surface area contributed by atoms with Gasteiger partial charge < -0.3 is 15.2 Å². The molecule has 0 spiro atoms. The number of hydrogen-bond acceptors (Lipinski definition) is 3. The molecule has 2 atom stereocenters. The molecule has 0 aromatic heterocycles. The molecular formula is C17H26FNO2. The van der Waals surface area contributed by atoms with Gasteiger partial charge in [0.1, 0.15) is 5.82 Å². The summed E-state index contributed by atoms with van der Waals surface area (Å²) in [7, 11) is 0. The van der Waals surface area contributed by atoms with Gasteiger partial charge in [0.25, 0.3) is 0 Å². The predicted octanol–water partition coefficient (Wildman–Crippen LogP) is 3.19. The van der Waals surface area contributed by atoms with Crippen molar-refractivity contribution in [1.29, 1.82) is 0 Å². The third kappa shape index (κ3) is 4.02. The van der Waals surface area contributed by atoms with E-state index in [-0.39, 0.29) is 11.4 Å². The molecule has 2 rings (SSSR count). The molecule has 118 valence electrons. The first kappa shape index (κ1) is 16.4. The summed E-state index contributed by atoms with van der Waals surface area (Å²) in [6, 6.07) is 6.71. The standard InChI is InChI=1S/C17H26FNO2/c1-3-17(4-2)11-13(9-10-21-17)19-12-16(20)14-7-5-6-8-15(14)18/h5-8,13,16,19-20H,3-4,9-12H2,1-2H3. The van der Waals surface area contributed by atoms with Crippen LogP contribution in [0.3, 0.4) is 0 Å². The Morgan fingerprint density at radius 3 is 2.76 bits per heavy atom. The highest BCUT2D eigenvalue weighted by molar-refractivity contribution is 5.20. The van der Waals surface area contributed by atoms with Crippen LogP contribution in [0.2, 0.25) is 0 Å². The van der Waals surface area contributed by atoms with Gasteiger partial charge in [0.05, 0.1) is 11.7 Å². The molecule has 1 aliphatic heterocycles. The van der Waals surface area contributed by atoms with Crippen LogP contribution in [0.5, 0.6) is 0 Å². The Hall–Kier alpha value is -0.970. The largest absolute Gasteiger partial charge is 0.387 e. The number of aliphatic hydroxyl groups is 1. The lowest BCUT2D eigenvalue weighted by molar-refractivity contribution is -0.0937. The minimum absolute atomic E-state index is 0.0428. The van der Waals surface area contributed by atoms with Crippen molar-refractivity contribution in [2.45, 2.75) is 57.3 Å². The van der Waals surface area contributed by atoms with E-state index in [1.54, 1.807) is 18.2 Å². The summed E-state index contributed by atoms with van der Waals surface area (Å²) < 4.78 is 19.6. The highest BCUT2D eigenvalue weighted by Crippen LogP contribution is 2.31. The van der Waals surface area contributed by atoms with E-state index in [0.29, 0.717) is 18.2 Å². The van der Waals surface area contributed by atoms with E-state index in [9.17, 15) is 9.50 Å². The summed E-state index contributed by atoms with van der Waals surface area (Å²) in [5.41, 5.74) is 0.313. The third-order valence-electron chi connectivity index (χ3n) is 4.65. The first-order valence-electron chi connectivity index (χ1n) is 7.90. The number of nitrogens with one attached hydrogen (secondary N) is 1. The lowest BCUT2D eigenvalue weighted by Crippen LogP contribution is -2.47. The summed E-state index contributed by atoms with van der Waals surface area (Å²) in [6.07, 6.45) is 3.07. The fourth-order valence-corrected chi connectivity index (χ4v) is 3.08. The average Bonchev–Trinajstić information content (AvgIpc) is 2.53. The quantitative estimate of drug-likeness (QED) is 0.847. The summed E-state index contributed by atoms with van der Waals surface area (Å²) in [5, 5.41) is 13.5. The van der Waals surface area contributed by atoms with Gasteiger partial charge in [-0.1, -0.05) is 32.0 Å². The van der Waals surface area contributed by atoms with Gasteiger partial charge in [-0.05, 0) is 31.7 Å². The van der Waals surface area contributed by atoms with Gasteiger partial charge in [-0.3, -0.25) is 0 Å². The maximum absolute atomic E-state index is 13.6. The van der Waals surface area contributed by atoms with Crippen molar-refractivity contribution in [2.24, 2.45) is 0 Å². The molecule has 0 saturated carbocycles. The minimum atomic E-state index is -0.813. The van der Waals surface area contributed by atoms with E-state index in [4.69, 9.17) is 4.74 Å². The van der Waals surface area contributed by atoms with E-state index in [1.165, 1.54) is 6.07 Å². The van der Waals surface area contributed by atoms with E-state index in [0.717, 1.165) is 32.3 Å². The van der Waals surface area contributed by atoms with Crippen molar-refractivity contribution in [3.63, 3.8) is 0 Å². The number of benzene rings is 1. The van der Waals surface area contributed by atoms with E-state index < -0.39 is 6.10 Å². The highest BCUT2D eigenvalue weighted by atomic mass is 19.1. The third-order valence-corrected chi connectivity index (χ3v) is 4.65. The number of aliphatic hydroxyl groups excluding tert-OH is 1. The molecule has 2 N–H and O–H groups in total. The van der Waals surface area contributed by atoms with Crippen LogP contribution < -0.4 is 5.32 Å². The molecule has 1 aromatic carbocycles. The first-order chi connectivity index (χ1) is 10.1. The lowest BCUT2D eigenvalue weighted by Gasteiger charge is -2.40. The van der Waals surface area contributed by atoms with E-state index in [1.807, 2.05) is 0 Å². The average molecular weight is 295 g/mol. The molecule has 0 amide bonds. The van der Waals surface area contributed by atoms with Gasteiger partial charge in [-0.25, -0.2) is 4.39 Å². The Labute approximate surface area is 126 Å². The SMILES string of the molecule is CCC1(CC)CC(NCC(O)c2ccccc2F)CCO1. The van der Waals surface area contributed by atoms with Crippen LogP contribution in [0.25, 0.3) is 0 Å². The van der Waals surface area contributed by atoms with E-state index >= 15 is 0 Å². The Bertz CT molecular complexity index is 448. The topological polar surface area (TPSA) is 41.5 Å². The normalized spacial score (nSPS) is 23.0. The Balaban J connectivity index is 1.89. The van der Waals surface area contributed by atoms with Crippen molar-refractivity contribution < 1.29 is 14.2 Å². The molecule has 1 heterocycles. The molecule has 1 aliphatic rings. The van der Waals surface area contributed by atoms with Gasteiger partial charge >= 0.3 is 0 Å². The zero-order valence-corrected chi connectivity index (χ0v) is 12.9. The molecule has 0 aliphatic carbocycles. The van der Waals surface area contributed by atoms with Crippen LogP contribution in [0.15, 0.2) is 24.3 Å². The molecular weight excluding hydrogens is 269 g/mol. The van der Waals surface area contributed by atoms with Crippen molar-refractivity contribution in [3.8, 4) is 0 Å². The van der Waals surface area contributed by atoms with Gasteiger partial charge in [-0.15, -0.1) is 0 Å². The molecule has 1 aromatic rings. The van der Waals surface area contributed by atoms with Gasteiger partial charge in [0.15, 0.2) is 0 Å². The molecule has 0 bridgehead atoms. The Kier molecular flexibility index (Phi) is 5.73. The van der Waals surface area contributed by atoms with E-state index in [2.05, 4.69) is 19.2 Å². The first-order valence-corrected chi connectivity index (χ1v) is 7.90. The number of hydrogen-bond donors (Lipinski definition) is 2. The fraction of sp³-hybridized carbons (Fsp3) is 0.647. The Morgan fingerprint density at radius 2 is 2.10 bits per heavy atom. The summed E-state index contributed by atoms with van der Waals surface area (Å²) in [4.78, 5) is 0. The maximum atomic E-state index is 13.6. The second kappa shape index (κ2) is 7.34. The lowest BCUT2D eigenvalue weighted by atomic mass is 9.86. The van der Waals surface area contributed by atoms with Gasteiger partial charge in [0, 0.05) is 24.8 Å².